The van der Waals surface area contributed by atoms with Gasteiger partial charge in [0.25, 0.3) is 0 Å². The maximum Gasteiger partial charge on any atom is 0.351 e. The Morgan fingerprint density at radius 2 is 1.97 bits per heavy atom. The van der Waals surface area contributed by atoms with Crippen LogP contribution in [0.2, 0.25) is 0 Å². The van der Waals surface area contributed by atoms with Gasteiger partial charge in [-0.25, -0.2) is 9.59 Å². The van der Waals surface area contributed by atoms with Crippen LogP contribution in [0.5, 0.6) is 0 Å². The first kappa shape index (κ1) is 20.1. The van der Waals surface area contributed by atoms with Crippen LogP contribution in [-0.4, -0.2) is 35.6 Å². The molecule has 156 valence electrons. The topological polar surface area (TPSA) is 87.7 Å². The predicted octanol–water partition coefficient (Wildman–Crippen LogP) is 3.43. The summed E-state index contributed by atoms with van der Waals surface area (Å²) in [5.41, 5.74) is 1.63. The number of fused-ring (bicyclic) bond motifs is 1. The van der Waals surface area contributed by atoms with Gasteiger partial charge in [0.2, 0.25) is 5.78 Å². The number of hydrogen-bond donors (Lipinski definition) is 0. The Morgan fingerprint density at radius 3 is 2.73 bits per heavy atom. The van der Waals surface area contributed by atoms with Crippen molar-refractivity contribution in [2.75, 3.05) is 13.2 Å². The summed E-state index contributed by atoms with van der Waals surface area (Å²) < 4.78 is 18.0. The maximum absolute atomic E-state index is 12.7. The number of hydrogen-bond acceptors (Lipinski definition) is 6. The number of ketones is 1. The van der Waals surface area contributed by atoms with Gasteiger partial charge in [-0.05, 0) is 44.9 Å². The summed E-state index contributed by atoms with van der Waals surface area (Å²) in [6.45, 7) is 4.83. The molecule has 4 rings (SSSR count). The van der Waals surface area contributed by atoms with Crippen LogP contribution in [0.3, 0.4) is 0 Å². The Hall–Kier alpha value is -3.19. The summed E-state index contributed by atoms with van der Waals surface area (Å²) in [5.74, 6) is -1.20. The lowest BCUT2D eigenvalue weighted by Crippen LogP contribution is -2.20. The summed E-state index contributed by atoms with van der Waals surface area (Å²) in [4.78, 5) is 37.1. The van der Waals surface area contributed by atoms with E-state index in [2.05, 4.69) is 4.57 Å². The van der Waals surface area contributed by atoms with Gasteiger partial charge in [-0.15, -0.1) is 0 Å². The molecule has 3 heterocycles. The van der Waals surface area contributed by atoms with Crippen molar-refractivity contribution in [2.45, 2.75) is 39.3 Å². The van der Waals surface area contributed by atoms with Crippen molar-refractivity contribution in [2.24, 2.45) is 0 Å². The van der Waals surface area contributed by atoms with Crippen LogP contribution in [0.1, 0.15) is 44.9 Å². The molecule has 0 radical (unpaired) electrons. The van der Waals surface area contributed by atoms with Gasteiger partial charge in [0.1, 0.15) is 11.1 Å². The number of carbonyl (C=O) groups excluding carboxylic acids is 2. The SMILES string of the molecule is Cc1cc(C(=O)COC(=O)c2cc3ccccc3oc2=O)c(C)n1CC1CCCO1. The number of aryl methyl sites for hydroxylation is 1. The largest absolute Gasteiger partial charge is 0.453 e. The molecule has 1 saturated heterocycles. The van der Waals surface area contributed by atoms with Crippen LogP contribution >= 0.6 is 0 Å². The first-order valence-corrected chi connectivity index (χ1v) is 9.95. The minimum Gasteiger partial charge on any atom is -0.453 e. The number of carbonyl (C=O) groups is 2. The van der Waals surface area contributed by atoms with Crippen LogP contribution in [0.15, 0.2) is 45.6 Å². The molecule has 0 aliphatic carbocycles. The molecule has 1 aromatic carbocycles. The predicted molar refractivity (Wildman–Crippen MR) is 110 cm³/mol. The van der Waals surface area contributed by atoms with Gasteiger partial charge in [-0.1, -0.05) is 18.2 Å². The molecule has 1 aliphatic rings. The van der Waals surface area contributed by atoms with E-state index in [1.807, 2.05) is 13.8 Å². The number of nitrogens with zero attached hydrogens (tertiary/aromatic N) is 1. The summed E-state index contributed by atoms with van der Waals surface area (Å²) >= 11 is 0. The van der Waals surface area contributed by atoms with Gasteiger partial charge >= 0.3 is 11.6 Å². The highest BCUT2D eigenvalue weighted by molar-refractivity contribution is 6.00. The smallest absolute Gasteiger partial charge is 0.351 e. The normalized spacial score (nSPS) is 16.1. The van der Waals surface area contributed by atoms with E-state index < -0.39 is 18.2 Å². The van der Waals surface area contributed by atoms with E-state index in [4.69, 9.17) is 13.9 Å². The van der Waals surface area contributed by atoms with Crippen LogP contribution in [0.4, 0.5) is 0 Å². The minimum absolute atomic E-state index is 0.155. The van der Waals surface area contributed by atoms with Crippen molar-refractivity contribution in [3.05, 3.63) is 69.3 Å². The fourth-order valence-corrected chi connectivity index (χ4v) is 3.85. The lowest BCUT2D eigenvalue weighted by Gasteiger charge is -2.14. The van der Waals surface area contributed by atoms with Crippen molar-refractivity contribution in [1.29, 1.82) is 0 Å². The molecule has 3 aromatic rings. The lowest BCUT2D eigenvalue weighted by molar-refractivity contribution is 0.0470. The van der Waals surface area contributed by atoms with E-state index in [-0.39, 0.29) is 17.5 Å². The van der Waals surface area contributed by atoms with E-state index in [1.54, 1.807) is 30.3 Å². The molecule has 0 spiro atoms. The first-order valence-electron chi connectivity index (χ1n) is 9.95. The monoisotopic (exact) mass is 409 g/mol. The molecule has 0 bridgehead atoms. The Morgan fingerprint density at radius 1 is 1.17 bits per heavy atom. The van der Waals surface area contributed by atoms with E-state index in [0.717, 1.165) is 30.8 Å². The molecular weight excluding hydrogens is 386 g/mol. The Labute approximate surface area is 173 Å². The molecule has 30 heavy (non-hydrogen) atoms. The first-order chi connectivity index (χ1) is 14.4. The highest BCUT2D eigenvalue weighted by Crippen LogP contribution is 2.21. The number of para-hydroxylation sites is 1. The van der Waals surface area contributed by atoms with Crippen molar-refractivity contribution in [3.8, 4) is 0 Å². The zero-order valence-electron chi connectivity index (χ0n) is 17.0. The standard InChI is InChI=1S/C23H23NO6/c1-14-10-18(15(2)24(14)12-17-7-5-9-28-17)20(25)13-29-22(26)19-11-16-6-3-4-8-21(16)30-23(19)27/h3-4,6,8,10-11,17H,5,7,9,12-13H2,1-2H3. The number of Topliss-reactive ketones (excluding diaryl/α,β-unsaturated/α-hetero) is 1. The van der Waals surface area contributed by atoms with E-state index in [0.29, 0.717) is 23.1 Å². The van der Waals surface area contributed by atoms with E-state index >= 15 is 0 Å². The van der Waals surface area contributed by atoms with Gasteiger partial charge in [0.15, 0.2) is 6.61 Å². The molecule has 1 aliphatic heterocycles. The number of esters is 1. The number of benzene rings is 1. The third-order valence-corrected chi connectivity index (χ3v) is 5.48. The second-order valence-corrected chi connectivity index (χ2v) is 7.52. The zero-order chi connectivity index (χ0) is 21.3. The second-order valence-electron chi connectivity index (χ2n) is 7.52. The van der Waals surface area contributed by atoms with Crippen LogP contribution in [0, 0.1) is 13.8 Å². The highest BCUT2D eigenvalue weighted by Gasteiger charge is 2.22. The van der Waals surface area contributed by atoms with Crippen LogP contribution in [0.25, 0.3) is 11.0 Å². The Kier molecular flexibility index (Phi) is 5.55. The van der Waals surface area contributed by atoms with E-state index in [9.17, 15) is 14.4 Å². The molecule has 0 N–H and O–H groups in total. The number of ether oxygens (including phenoxy) is 2. The van der Waals surface area contributed by atoms with Crippen LogP contribution in [-0.2, 0) is 16.0 Å². The fraction of sp³-hybridized carbons (Fsp3) is 0.348. The van der Waals surface area contributed by atoms with Crippen molar-refractivity contribution >= 4 is 22.7 Å². The van der Waals surface area contributed by atoms with Crippen molar-refractivity contribution in [1.82, 2.24) is 4.57 Å². The summed E-state index contributed by atoms with van der Waals surface area (Å²) in [6.07, 6.45) is 2.21. The zero-order valence-corrected chi connectivity index (χ0v) is 17.0. The average molecular weight is 409 g/mol. The minimum atomic E-state index is -0.879. The van der Waals surface area contributed by atoms with E-state index in [1.165, 1.54) is 6.07 Å². The molecule has 0 saturated carbocycles. The molecule has 7 heteroatoms. The maximum atomic E-state index is 12.7. The molecule has 2 aromatic heterocycles. The molecule has 1 unspecified atom stereocenters. The summed E-state index contributed by atoms with van der Waals surface area (Å²) in [7, 11) is 0. The Bertz CT molecular complexity index is 1170. The number of rotatable bonds is 6. The lowest BCUT2D eigenvalue weighted by atomic mass is 10.1. The van der Waals surface area contributed by atoms with Gasteiger partial charge < -0.3 is 18.5 Å². The molecular formula is C23H23NO6. The van der Waals surface area contributed by atoms with Crippen LogP contribution < -0.4 is 5.63 Å². The molecule has 1 atom stereocenters. The van der Waals surface area contributed by atoms with Gasteiger partial charge in [0.05, 0.1) is 6.10 Å². The van der Waals surface area contributed by atoms with Crippen molar-refractivity contribution < 1.29 is 23.5 Å². The average Bonchev–Trinajstić information content (AvgIpc) is 3.35. The highest BCUT2D eigenvalue weighted by atomic mass is 16.5. The second kappa shape index (κ2) is 8.28. The Balaban J connectivity index is 1.46. The van der Waals surface area contributed by atoms with Gasteiger partial charge in [-0.2, -0.15) is 0 Å². The summed E-state index contributed by atoms with van der Waals surface area (Å²) in [6, 6.07) is 10.1. The quantitative estimate of drug-likeness (QED) is 0.352. The fourth-order valence-electron chi connectivity index (χ4n) is 3.85. The molecule has 7 nitrogen and oxygen atoms in total. The van der Waals surface area contributed by atoms with Gasteiger partial charge in [0, 0.05) is 35.5 Å². The van der Waals surface area contributed by atoms with Gasteiger partial charge in [-0.3, -0.25) is 4.79 Å². The molecule has 0 amide bonds. The van der Waals surface area contributed by atoms with Crippen molar-refractivity contribution in [3.63, 3.8) is 0 Å². The third-order valence-electron chi connectivity index (χ3n) is 5.48. The molecule has 1 fully saturated rings. The number of aromatic nitrogens is 1. The summed E-state index contributed by atoms with van der Waals surface area (Å²) in [5, 5.41) is 0.605. The third kappa shape index (κ3) is 3.93.